The maximum absolute atomic E-state index is 11.2. The van der Waals surface area contributed by atoms with Gasteiger partial charge in [0.2, 0.25) is 0 Å². The molecule has 5 heteroatoms. The molecule has 0 aliphatic heterocycles. The molecule has 4 nitrogen and oxygen atoms in total. The van der Waals surface area contributed by atoms with Crippen molar-refractivity contribution in [3.63, 3.8) is 0 Å². The number of hydrogen-bond donors (Lipinski definition) is 2. The van der Waals surface area contributed by atoms with Gasteiger partial charge < -0.3 is 15.8 Å². The molecule has 0 unspecified atom stereocenters. The van der Waals surface area contributed by atoms with Gasteiger partial charge in [0.1, 0.15) is 5.60 Å². The largest absolute Gasteiger partial charge is 0.444 e. The Bertz CT molecular complexity index is 178. The number of halogens is 1. The standard InChI is InChI=1S/C9H20N2O2.ClH/c1-6(10)7(2)11-8(12)13-9(3,4)5;/h6-7H,10H2,1-5H3,(H,11,12);1H/t6-,7+;/m1./s1. The third kappa shape index (κ3) is 8.13. The van der Waals surface area contributed by atoms with E-state index in [1.807, 2.05) is 34.6 Å². The van der Waals surface area contributed by atoms with E-state index >= 15 is 0 Å². The van der Waals surface area contributed by atoms with Crippen molar-refractivity contribution in [1.82, 2.24) is 5.32 Å². The smallest absolute Gasteiger partial charge is 0.407 e. The van der Waals surface area contributed by atoms with E-state index in [9.17, 15) is 4.79 Å². The second-order valence-electron chi connectivity index (χ2n) is 4.29. The molecule has 0 fully saturated rings. The van der Waals surface area contributed by atoms with Gasteiger partial charge in [-0.05, 0) is 34.6 Å². The lowest BCUT2D eigenvalue weighted by Gasteiger charge is -2.23. The van der Waals surface area contributed by atoms with Crippen molar-refractivity contribution >= 4 is 18.5 Å². The zero-order valence-corrected chi connectivity index (χ0v) is 10.3. The number of rotatable bonds is 2. The highest BCUT2D eigenvalue weighted by Crippen LogP contribution is 2.06. The zero-order chi connectivity index (χ0) is 10.6. The van der Waals surface area contributed by atoms with E-state index in [-0.39, 0.29) is 24.5 Å². The highest BCUT2D eigenvalue weighted by atomic mass is 35.5. The quantitative estimate of drug-likeness (QED) is 0.750. The normalized spacial score (nSPS) is 15.0. The average molecular weight is 225 g/mol. The van der Waals surface area contributed by atoms with Crippen LogP contribution in [0.4, 0.5) is 4.79 Å². The number of ether oxygens (including phenoxy) is 1. The Labute approximate surface area is 92.0 Å². The second kappa shape index (κ2) is 6.09. The number of amides is 1. The molecule has 0 bridgehead atoms. The highest BCUT2D eigenvalue weighted by Gasteiger charge is 2.18. The molecular weight excluding hydrogens is 204 g/mol. The minimum atomic E-state index is -0.457. The van der Waals surface area contributed by atoms with Crippen LogP contribution in [-0.2, 0) is 4.74 Å². The van der Waals surface area contributed by atoms with Gasteiger partial charge in [0.25, 0.3) is 0 Å². The fraction of sp³-hybridized carbons (Fsp3) is 0.889. The van der Waals surface area contributed by atoms with Gasteiger partial charge in [-0.25, -0.2) is 4.79 Å². The Kier molecular flexibility index (Phi) is 6.94. The Morgan fingerprint density at radius 2 is 1.79 bits per heavy atom. The number of nitrogens with two attached hydrogens (primary N) is 1. The van der Waals surface area contributed by atoms with Crippen LogP contribution in [0.15, 0.2) is 0 Å². The number of carbonyl (C=O) groups is 1. The molecular formula is C9H21ClN2O2. The summed E-state index contributed by atoms with van der Waals surface area (Å²) < 4.78 is 5.05. The monoisotopic (exact) mass is 224 g/mol. The first-order valence-electron chi connectivity index (χ1n) is 4.47. The van der Waals surface area contributed by atoms with Crippen LogP contribution in [0.1, 0.15) is 34.6 Å². The Morgan fingerprint density at radius 1 is 1.36 bits per heavy atom. The molecule has 86 valence electrons. The summed E-state index contributed by atoms with van der Waals surface area (Å²) in [5, 5.41) is 2.65. The summed E-state index contributed by atoms with van der Waals surface area (Å²) in [4.78, 5) is 11.2. The van der Waals surface area contributed by atoms with Gasteiger partial charge in [-0.3, -0.25) is 0 Å². The first-order chi connectivity index (χ1) is 5.72. The summed E-state index contributed by atoms with van der Waals surface area (Å²) in [6, 6.07) is -0.151. The van der Waals surface area contributed by atoms with Crippen LogP contribution in [0, 0.1) is 0 Å². The summed E-state index contributed by atoms with van der Waals surface area (Å²) in [6.45, 7) is 9.14. The van der Waals surface area contributed by atoms with Crippen molar-refractivity contribution in [3.05, 3.63) is 0 Å². The molecule has 0 heterocycles. The molecule has 0 saturated heterocycles. The molecule has 2 atom stereocenters. The zero-order valence-electron chi connectivity index (χ0n) is 9.46. The van der Waals surface area contributed by atoms with Crippen molar-refractivity contribution < 1.29 is 9.53 Å². The van der Waals surface area contributed by atoms with Crippen LogP contribution in [0.3, 0.4) is 0 Å². The summed E-state index contributed by atoms with van der Waals surface area (Å²) in [5.41, 5.74) is 5.12. The van der Waals surface area contributed by atoms with Crippen LogP contribution in [0.25, 0.3) is 0 Å². The maximum atomic E-state index is 11.2. The maximum Gasteiger partial charge on any atom is 0.407 e. The lowest BCUT2D eigenvalue weighted by Crippen LogP contribution is -2.45. The van der Waals surface area contributed by atoms with Gasteiger partial charge >= 0.3 is 6.09 Å². The lowest BCUT2D eigenvalue weighted by atomic mass is 10.2. The van der Waals surface area contributed by atoms with Crippen molar-refractivity contribution in [2.75, 3.05) is 0 Å². The van der Waals surface area contributed by atoms with E-state index in [1.165, 1.54) is 0 Å². The van der Waals surface area contributed by atoms with E-state index in [0.29, 0.717) is 0 Å². The van der Waals surface area contributed by atoms with Crippen LogP contribution < -0.4 is 11.1 Å². The minimum absolute atomic E-state index is 0. The molecule has 3 N–H and O–H groups in total. The highest BCUT2D eigenvalue weighted by molar-refractivity contribution is 5.85. The van der Waals surface area contributed by atoms with E-state index in [2.05, 4.69) is 5.32 Å². The van der Waals surface area contributed by atoms with Crippen molar-refractivity contribution in [3.8, 4) is 0 Å². The molecule has 0 spiro atoms. The van der Waals surface area contributed by atoms with Gasteiger partial charge in [0.15, 0.2) is 0 Å². The molecule has 0 aromatic rings. The minimum Gasteiger partial charge on any atom is -0.444 e. The fourth-order valence-electron chi connectivity index (χ4n) is 0.625. The number of carbonyl (C=O) groups excluding carboxylic acids is 1. The Morgan fingerprint density at radius 3 is 2.07 bits per heavy atom. The van der Waals surface area contributed by atoms with Gasteiger partial charge in [-0.2, -0.15) is 0 Å². The molecule has 0 saturated carbocycles. The van der Waals surface area contributed by atoms with Crippen LogP contribution in [0.2, 0.25) is 0 Å². The molecule has 0 rings (SSSR count). The molecule has 0 aromatic heterocycles. The van der Waals surface area contributed by atoms with E-state index in [1.54, 1.807) is 0 Å². The Hall–Kier alpha value is -0.480. The van der Waals surface area contributed by atoms with Crippen molar-refractivity contribution in [1.29, 1.82) is 0 Å². The van der Waals surface area contributed by atoms with Crippen LogP contribution in [0.5, 0.6) is 0 Å². The second-order valence-corrected chi connectivity index (χ2v) is 4.29. The summed E-state index contributed by atoms with van der Waals surface area (Å²) in [5.74, 6) is 0. The van der Waals surface area contributed by atoms with Crippen LogP contribution in [-0.4, -0.2) is 23.8 Å². The third-order valence-electron chi connectivity index (χ3n) is 1.53. The van der Waals surface area contributed by atoms with E-state index in [4.69, 9.17) is 10.5 Å². The fourth-order valence-corrected chi connectivity index (χ4v) is 0.625. The molecule has 0 aromatic carbocycles. The molecule has 0 aliphatic rings. The van der Waals surface area contributed by atoms with Crippen LogP contribution >= 0.6 is 12.4 Å². The number of hydrogen-bond acceptors (Lipinski definition) is 3. The van der Waals surface area contributed by atoms with Crippen molar-refractivity contribution in [2.24, 2.45) is 5.73 Å². The molecule has 0 radical (unpaired) electrons. The summed E-state index contributed by atoms with van der Waals surface area (Å²) >= 11 is 0. The van der Waals surface area contributed by atoms with Gasteiger partial charge in [-0.15, -0.1) is 12.4 Å². The molecule has 14 heavy (non-hydrogen) atoms. The topological polar surface area (TPSA) is 64.3 Å². The van der Waals surface area contributed by atoms with Gasteiger partial charge in [0.05, 0.1) is 0 Å². The predicted molar refractivity (Wildman–Crippen MR) is 59.7 cm³/mol. The first-order valence-corrected chi connectivity index (χ1v) is 4.47. The summed E-state index contributed by atoms with van der Waals surface area (Å²) in [6.07, 6.45) is -0.419. The average Bonchev–Trinajstić information content (AvgIpc) is 1.81. The summed E-state index contributed by atoms with van der Waals surface area (Å²) in [7, 11) is 0. The molecule has 0 aliphatic carbocycles. The molecule has 1 amide bonds. The van der Waals surface area contributed by atoms with Crippen molar-refractivity contribution in [2.45, 2.75) is 52.3 Å². The predicted octanol–water partition coefficient (Wildman–Crippen LogP) is 1.67. The lowest BCUT2D eigenvalue weighted by molar-refractivity contribution is 0.0503. The third-order valence-corrected chi connectivity index (χ3v) is 1.53. The SMILES string of the molecule is C[C@H](NC(=O)OC(C)(C)C)[C@@H](C)N.Cl. The Balaban J connectivity index is 0. The first kappa shape index (κ1) is 16.0. The number of nitrogens with one attached hydrogen (secondary N) is 1. The van der Waals surface area contributed by atoms with E-state index < -0.39 is 11.7 Å². The van der Waals surface area contributed by atoms with E-state index in [0.717, 1.165) is 0 Å². The number of alkyl carbamates (subject to hydrolysis) is 1. The van der Waals surface area contributed by atoms with Gasteiger partial charge in [0, 0.05) is 12.1 Å². The van der Waals surface area contributed by atoms with Gasteiger partial charge in [-0.1, -0.05) is 0 Å².